The third-order valence-corrected chi connectivity index (χ3v) is 10.1. The third-order valence-electron chi connectivity index (χ3n) is 6.90. The molecule has 3 N–H and O–H groups in total. The maximum Gasteiger partial charge on any atom is 0.272 e. The summed E-state index contributed by atoms with van der Waals surface area (Å²) in [5.74, 6) is -1.12. The van der Waals surface area contributed by atoms with E-state index in [1.54, 1.807) is 78.1 Å². The van der Waals surface area contributed by atoms with Crippen molar-refractivity contribution in [3.05, 3.63) is 159 Å². The van der Waals surface area contributed by atoms with Crippen LogP contribution in [0.15, 0.2) is 143 Å². The molecule has 1 atom stereocenters. The van der Waals surface area contributed by atoms with Crippen LogP contribution in [0.25, 0.3) is 16.6 Å². The number of hydrogen-bond acceptors (Lipinski definition) is 7. The van der Waals surface area contributed by atoms with Crippen LogP contribution in [0, 0.1) is 0 Å². The molecule has 6 rings (SSSR count). The molecule has 238 valence electrons. The van der Waals surface area contributed by atoms with Crippen molar-refractivity contribution in [1.82, 2.24) is 10.3 Å². The second-order valence-corrected chi connectivity index (χ2v) is 13.7. The molecule has 0 radical (unpaired) electrons. The van der Waals surface area contributed by atoms with Crippen LogP contribution in [-0.2, 0) is 9.59 Å². The molecule has 1 unspecified atom stereocenters. The Hall–Kier alpha value is -5.00. The molecule has 2 heterocycles. The van der Waals surface area contributed by atoms with Gasteiger partial charge in [-0.3, -0.25) is 14.4 Å². The zero-order valence-corrected chi connectivity index (χ0v) is 28.3. The van der Waals surface area contributed by atoms with E-state index in [4.69, 9.17) is 11.6 Å². The molecule has 0 aliphatic heterocycles. The van der Waals surface area contributed by atoms with Crippen molar-refractivity contribution in [3.8, 4) is 10.6 Å². The van der Waals surface area contributed by atoms with Crippen LogP contribution in [0.5, 0.6) is 0 Å². The number of thiophene rings is 1. The molecule has 3 amide bonds. The molecule has 48 heavy (non-hydrogen) atoms. The largest absolute Gasteiger partial charge is 0.321 e. The number of carbonyl (C=O) groups excluding carboxylic acids is 3. The monoisotopic (exact) mass is 706 g/mol. The molecule has 2 aromatic heterocycles. The molecular formula is C37H27ClN4O3S3. The van der Waals surface area contributed by atoms with E-state index in [-0.39, 0.29) is 11.6 Å². The maximum absolute atomic E-state index is 13.6. The molecule has 0 bridgehead atoms. The topological polar surface area (TPSA) is 100 Å². The molecule has 0 fully saturated rings. The van der Waals surface area contributed by atoms with Crippen molar-refractivity contribution < 1.29 is 14.4 Å². The number of carbonyl (C=O) groups is 3. The Morgan fingerprint density at radius 3 is 2.25 bits per heavy atom. The minimum absolute atomic E-state index is 0.0507. The van der Waals surface area contributed by atoms with Crippen LogP contribution in [0.4, 0.5) is 10.8 Å². The normalized spacial score (nSPS) is 11.8. The second-order valence-electron chi connectivity index (χ2n) is 10.3. The van der Waals surface area contributed by atoms with Crippen molar-refractivity contribution in [2.75, 3.05) is 10.6 Å². The molecule has 7 nitrogen and oxygen atoms in total. The highest BCUT2D eigenvalue weighted by molar-refractivity contribution is 8.00. The van der Waals surface area contributed by atoms with E-state index in [1.807, 2.05) is 71.4 Å². The lowest BCUT2D eigenvalue weighted by Crippen LogP contribution is -2.30. The Balaban J connectivity index is 1.17. The van der Waals surface area contributed by atoms with Crippen molar-refractivity contribution in [3.63, 3.8) is 0 Å². The van der Waals surface area contributed by atoms with E-state index in [1.165, 1.54) is 23.1 Å². The summed E-state index contributed by atoms with van der Waals surface area (Å²) < 4.78 is 0. The van der Waals surface area contributed by atoms with E-state index in [2.05, 4.69) is 20.9 Å². The van der Waals surface area contributed by atoms with E-state index in [0.717, 1.165) is 21.0 Å². The lowest BCUT2D eigenvalue weighted by molar-refractivity contribution is -0.116. The fourth-order valence-corrected chi connectivity index (χ4v) is 7.29. The lowest BCUT2D eigenvalue weighted by Gasteiger charge is -2.17. The van der Waals surface area contributed by atoms with Crippen molar-refractivity contribution in [2.45, 2.75) is 10.1 Å². The van der Waals surface area contributed by atoms with Gasteiger partial charge in [0, 0.05) is 26.5 Å². The number of aromatic nitrogens is 1. The molecule has 0 spiro atoms. The fraction of sp³-hybridized carbons (Fsp3) is 0.0270. The summed E-state index contributed by atoms with van der Waals surface area (Å²) in [6.45, 7) is 0. The summed E-state index contributed by atoms with van der Waals surface area (Å²) in [7, 11) is 0. The van der Waals surface area contributed by atoms with Gasteiger partial charge in [-0.2, -0.15) is 0 Å². The molecule has 6 aromatic rings. The van der Waals surface area contributed by atoms with Gasteiger partial charge in [-0.05, 0) is 77.2 Å². The van der Waals surface area contributed by atoms with Crippen LogP contribution >= 0.6 is 46.0 Å². The Labute approximate surface area is 294 Å². The van der Waals surface area contributed by atoms with Gasteiger partial charge in [0.2, 0.25) is 5.91 Å². The van der Waals surface area contributed by atoms with E-state index >= 15 is 0 Å². The first kappa shape index (κ1) is 32.9. The SMILES string of the molecule is O=C(Nc1ccc(SC(C(=O)Nc2nc(-c3cccs3)cs2)c2ccccc2)cc1)/C(=C/c1cccc(Cl)c1)NC(=O)c1ccccc1. The van der Waals surface area contributed by atoms with Crippen LogP contribution in [-0.4, -0.2) is 22.7 Å². The van der Waals surface area contributed by atoms with Gasteiger partial charge >= 0.3 is 0 Å². The standard InChI is InChI=1S/C37H27ClN4O3S3/c38-27-14-7-9-24(21-27)22-30(40-34(43)26-12-5-2-6-13-26)35(44)39-28-16-18-29(19-17-28)48-33(25-10-3-1-4-11-25)36(45)42-37-41-31(23-47-37)32-15-8-20-46-32/h1-23,33H,(H,39,44)(H,40,43)(H,41,42,45)/b30-22-. The number of halogens is 1. The van der Waals surface area contributed by atoms with Gasteiger partial charge in [-0.15, -0.1) is 34.4 Å². The van der Waals surface area contributed by atoms with Crippen LogP contribution in [0.2, 0.25) is 5.02 Å². The first-order valence-electron chi connectivity index (χ1n) is 14.7. The van der Waals surface area contributed by atoms with Gasteiger partial charge in [-0.25, -0.2) is 4.98 Å². The summed E-state index contributed by atoms with van der Waals surface area (Å²) in [4.78, 5) is 46.5. The first-order chi connectivity index (χ1) is 23.4. The number of hydrogen-bond donors (Lipinski definition) is 3. The van der Waals surface area contributed by atoms with Gasteiger partial charge < -0.3 is 16.0 Å². The molecule has 0 saturated heterocycles. The third kappa shape index (κ3) is 8.67. The fourth-order valence-electron chi connectivity index (χ4n) is 4.60. The van der Waals surface area contributed by atoms with E-state index in [0.29, 0.717) is 27.0 Å². The van der Waals surface area contributed by atoms with Gasteiger partial charge in [-0.1, -0.05) is 78.3 Å². The van der Waals surface area contributed by atoms with Crippen LogP contribution in [0.1, 0.15) is 26.7 Å². The lowest BCUT2D eigenvalue weighted by atomic mass is 10.1. The number of thioether (sulfide) groups is 1. The van der Waals surface area contributed by atoms with Crippen molar-refractivity contribution >= 4 is 80.7 Å². The predicted octanol–water partition coefficient (Wildman–Crippen LogP) is 9.41. The van der Waals surface area contributed by atoms with Gasteiger partial charge in [0.25, 0.3) is 11.8 Å². The average molecular weight is 707 g/mol. The Bertz CT molecular complexity index is 2050. The number of nitrogens with zero attached hydrogens (tertiary/aromatic N) is 1. The highest BCUT2D eigenvalue weighted by Gasteiger charge is 2.24. The van der Waals surface area contributed by atoms with Gasteiger partial charge in [0.05, 0.1) is 10.6 Å². The smallest absolute Gasteiger partial charge is 0.272 e. The quantitative estimate of drug-likeness (QED) is 0.0921. The highest BCUT2D eigenvalue weighted by Crippen LogP contribution is 2.37. The number of thiazole rings is 1. The molecule has 11 heteroatoms. The second kappa shape index (κ2) is 15.7. The van der Waals surface area contributed by atoms with Crippen LogP contribution < -0.4 is 16.0 Å². The van der Waals surface area contributed by atoms with Crippen molar-refractivity contribution in [2.24, 2.45) is 0 Å². The summed E-state index contributed by atoms with van der Waals surface area (Å²) in [5.41, 5.74) is 3.31. The Morgan fingerprint density at radius 2 is 1.54 bits per heavy atom. The number of nitrogens with one attached hydrogen (secondary N) is 3. The predicted molar refractivity (Wildman–Crippen MR) is 198 cm³/mol. The van der Waals surface area contributed by atoms with Gasteiger partial charge in [0.15, 0.2) is 5.13 Å². The number of rotatable bonds is 11. The summed E-state index contributed by atoms with van der Waals surface area (Å²) in [5, 5.41) is 13.0. The number of amides is 3. The Morgan fingerprint density at radius 1 is 0.792 bits per heavy atom. The number of anilines is 2. The van der Waals surface area contributed by atoms with Crippen molar-refractivity contribution in [1.29, 1.82) is 0 Å². The summed E-state index contributed by atoms with van der Waals surface area (Å²) in [6.07, 6.45) is 1.57. The number of benzene rings is 4. The summed E-state index contributed by atoms with van der Waals surface area (Å²) in [6, 6.07) is 36.3. The highest BCUT2D eigenvalue weighted by atomic mass is 35.5. The minimum Gasteiger partial charge on any atom is -0.321 e. The molecular weight excluding hydrogens is 680 g/mol. The zero-order valence-electron chi connectivity index (χ0n) is 25.1. The molecule has 0 aliphatic rings. The summed E-state index contributed by atoms with van der Waals surface area (Å²) >= 11 is 10.5. The molecule has 0 aliphatic carbocycles. The average Bonchev–Trinajstić information content (AvgIpc) is 3.81. The van der Waals surface area contributed by atoms with E-state index in [9.17, 15) is 14.4 Å². The zero-order chi connectivity index (χ0) is 33.3. The molecule has 4 aromatic carbocycles. The van der Waals surface area contributed by atoms with Gasteiger partial charge in [0.1, 0.15) is 10.9 Å². The minimum atomic E-state index is -0.554. The Kier molecular flexibility index (Phi) is 10.8. The first-order valence-corrected chi connectivity index (χ1v) is 17.7. The molecule has 0 saturated carbocycles. The van der Waals surface area contributed by atoms with E-state index < -0.39 is 17.1 Å². The van der Waals surface area contributed by atoms with Crippen LogP contribution in [0.3, 0.4) is 0 Å². The maximum atomic E-state index is 13.6.